The highest BCUT2D eigenvalue weighted by Gasteiger charge is 2.48. The van der Waals surface area contributed by atoms with Gasteiger partial charge in [0.2, 0.25) is 0 Å². The molecule has 1 aromatic rings. The number of unbranched alkanes of at least 4 members (excludes halogenated alkanes) is 3. The lowest BCUT2D eigenvalue weighted by molar-refractivity contribution is -0.346. The second-order valence-electron chi connectivity index (χ2n) is 8.74. The first-order valence-corrected chi connectivity index (χ1v) is 10.3. The van der Waals surface area contributed by atoms with Gasteiger partial charge in [-0.3, -0.25) is 4.79 Å². The van der Waals surface area contributed by atoms with Gasteiger partial charge in [-0.25, -0.2) is 9.78 Å². The fourth-order valence-electron chi connectivity index (χ4n) is 4.29. The van der Waals surface area contributed by atoms with E-state index in [2.05, 4.69) is 44.2 Å². The van der Waals surface area contributed by atoms with Gasteiger partial charge in [0.05, 0.1) is 13.5 Å². The molecule has 0 radical (unpaired) electrons. The molecule has 1 aromatic carbocycles. The number of ether oxygens (including phenoxy) is 1. The number of esters is 1. The molecule has 1 fully saturated rings. The summed E-state index contributed by atoms with van der Waals surface area (Å²) in [6.45, 7) is 6.30. The maximum atomic E-state index is 11.6. The Balaban J connectivity index is 1.61. The minimum Gasteiger partial charge on any atom is -0.469 e. The van der Waals surface area contributed by atoms with Crippen LogP contribution < -0.4 is 0 Å². The zero-order valence-electron chi connectivity index (χ0n) is 17.5. The van der Waals surface area contributed by atoms with Gasteiger partial charge in [0.25, 0.3) is 0 Å². The fourth-order valence-corrected chi connectivity index (χ4v) is 4.29. The molecule has 0 N–H and O–H groups in total. The predicted molar refractivity (Wildman–Crippen MR) is 107 cm³/mol. The highest BCUT2D eigenvalue weighted by molar-refractivity contribution is 5.70. The topological polar surface area (TPSA) is 44.8 Å². The standard InChI is InChI=1S/C23H36O4/c1-19(12-8-5-6-9-13-20-14-10-7-11-15-20)16-22(2)18-23(3,27-26-22)17-21(24)25-4/h7,10-11,14-15,19H,5-6,8-9,12-13,16-18H2,1-4H3/t19-,22-,23+/m1/s1. The van der Waals surface area contributed by atoms with Crippen molar-refractivity contribution in [3.8, 4) is 0 Å². The van der Waals surface area contributed by atoms with Crippen molar-refractivity contribution in [1.29, 1.82) is 0 Å². The van der Waals surface area contributed by atoms with Crippen LogP contribution in [0.5, 0.6) is 0 Å². The van der Waals surface area contributed by atoms with Crippen LogP contribution in [0, 0.1) is 5.92 Å². The van der Waals surface area contributed by atoms with Crippen molar-refractivity contribution < 1.29 is 19.3 Å². The predicted octanol–water partition coefficient (Wildman–Crippen LogP) is 5.64. The molecule has 0 unspecified atom stereocenters. The number of hydrogen-bond donors (Lipinski definition) is 0. The van der Waals surface area contributed by atoms with E-state index in [1.807, 2.05) is 6.92 Å². The number of carbonyl (C=O) groups is 1. The van der Waals surface area contributed by atoms with Crippen molar-refractivity contribution in [2.45, 2.75) is 89.8 Å². The van der Waals surface area contributed by atoms with E-state index in [9.17, 15) is 4.79 Å². The Bertz CT molecular complexity index is 573. The van der Waals surface area contributed by atoms with Gasteiger partial charge in [-0.1, -0.05) is 62.9 Å². The van der Waals surface area contributed by atoms with Crippen LogP contribution in [0.1, 0.15) is 77.7 Å². The quantitative estimate of drug-likeness (QED) is 0.285. The summed E-state index contributed by atoms with van der Waals surface area (Å²) in [6.07, 6.45) is 9.38. The zero-order valence-corrected chi connectivity index (χ0v) is 17.5. The minimum absolute atomic E-state index is 0.231. The van der Waals surface area contributed by atoms with E-state index in [1.54, 1.807) is 0 Å². The van der Waals surface area contributed by atoms with Gasteiger partial charge in [0.15, 0.2) is 0 Å². The average molecular weight is 377 g/mol. The summed E-state index contributed by atoms with van der Waals surface area (Å²) >= 11 is 0. The Morgan fingerprint density at radius 2 is 1.74 bits per heavy atom. The number of methoxy groups -OCH3 is 1. The van der Waals surface area contributed by atoms with Crippen molar-refractivity contribution >= 4 is 5.97 Å². The van der Waals surface area contributed by atoms with E-state index in [0.29, 0.717) is 5.92 Å². The summed E-state index contributed by atoms with van der Waals surface area (Å²) in [5.41, 5.74) is 0.529. The summed E-state index contributed by atoms with van der Waals surface area (Å²) in [4.78, 5) is 22.8. The molecule has 27 heavy (non-hydrogen) atoms. The Kier molecular flexibility index (Phi) is 8.30. The average Bonchev–Trinajstić information content (AvgIpc) is 2.93. The summed E-state index contributed by atoms with van der Waals surface area (Å²) < 4.78 is 4.77. The van der Waals surface area contributed by atoms with E-state index in [4.69, 9.17) is 14.5 Å². The molecule has 0 bridgehead atoms. The number of rotatable bonds is 11. The van der Waals surface area contributed by atoms with Crippen molar-refractivity contribution in [1.82, 2.24) is 0 Å². The van der Waals surface area contributed by atoms with Gasteiger partial charge in [0.1, 0.15) is 11.2 Å². The van der Waals surface area contributed by atoms with E-state index < -0.39 is 5.60 Å². The number of hydrogen-bond acceptors (Lipinski definition) is 4. The number of carbonyl (C=O) groups excluding carboxylic acids is 1. The lowest BCUT2D eigenvalue weighted by Gasteiger charge is -2.25. The van der Waals surface area contributed by atoms with Gasteiger partial charge >= 0.3 is 5.97 Å². The highest BCUT2D eigenvalue weighted by Crippen LogP contribution is 2.42. The lowest BCUT2D eigenvalue weighted by Crippen LogP contribution is -2.32. The first-order valence-electron chi connectivity index (χ1n) is 10.3. The molecule has 0 aliphatic carbocycles. The van der Waals surface area contributed by atoms with Gasteiger partial charge in [0, 0.05) is 6.42 Å². The smallest absolute Gasteiger partial charge is 0.308 e. The van der Waals surface area contributed by atoms with Crippen molar-refractivity contribution in [3.05, 3.63) is 35.9 Å². The van der Waals surface area contributed by atoms with Crippen LogP contribution in [0.25, 0.3) is 0 Å². The van der Waals surface area contributed by atoms with Crippen LogP contribution in [0.3, 0.4) is 0 Å². The SMILES string of the molecule is COC(=O)C[C@@]1(C)C[C@@](C)(C[C@H](C)CCCCCCc2ccccc2)OO1. The number of benzene rings is 1. The van der Waals surface area contributed by atoms with Gasteiger partial charge in [-0.15, -0.1) is 0 Å². The first kappa shape index (κ1) is 21.9. The van der Waals surface area contributed by atoms with Gasteiger partial charge in [-0.05, 0) is 44.6 Å². The molecule has 4 nitrogen and oxygen atoms in total. The molecular weight excluding hydrogens is 340 g/mol. The summed E-state index contributed by atoms with van der Waals surface area (Å²) in [5.74, 6) is 0.321. The Labute approximate surface area is 164 Å². The summed E-state index contributed by atoms with van der Waals surface area (Å²) in [6, 6.07) is 10.7. The van der Waals surface area contributed by atoms with Crippen molar-refractivity contribution in [3.63, 3.8) is 0 Å². The third-order valence-electron chi connectivity index (χ3n) is 5.47. The maximum Gasteiger partial charge on any atom is 0.308 e. The molecule has 0 aromatic heterocycles. The molecule has 0 amide bonds. The van der Waals surface area contributed by atoms with Crippen LogP contribution in [-0.4, -0.2) is 24.3 Å². The number of aryl methyl sites for hydroxylation is 1. The highest BCUT2D eigenvalue weighted by atomic mass is 17.2. The first-order chi connectivity index (χ1) is 12.8. The second kappa shape index (κ2) is 10.2. The molecular formula is C23H36O4. The molecule has 1 aliphatic rings. The van der Waals surface area contributed by atoms with E-state index in [-0.39, 0.29) is 18.0 Å². The minimum atomic E-state index is -0.584. The van der Waals surface area contributed by atoms with Crippen LogP contribution in [0.2, 0.25) is 0 Å². The monoisotopic (exact) mass is 376 g/mol. The van der Waals surface area contributed by atoms with Crippen molar-refractivity contribution in [2.24, 2.45) is 5.92 Å². The van der Waals surface area contributed by atoms with Crippen LogP contribution in [-0.2, 0) is 25.7 Å². The van der Waals surface area contributed by atoms with E-state index in [1.165, 1.54) is 51.2 Å². The third kappa shape index (κ3) is 7.63. The third-order valence-corrected chi connectivity index (χ3v) is 5.47. The van der Waals surface area contributed by atoms with E-state index >= 15 is 0 Å². The van der Waals surface area contributed by atoms with Crippen molar-refractivity contribution in [2.75, 3.05) is 7.11 Å². The molecule has 4 heteroatoms. The molecule has 0 saturated carbocycles. The molecule has 152 valence electrons. The van der Waals surface area contributed by atoms with Crippen LogP contribution in [0.15, 0.2) is 30.3 Å². The van der Waals surface area contributed by atoms with Crippen LogP contribution in [0.4, 0.5) is 0 Å². The van der Waals surface area contributed by atoms with Crippen LogP contribution >= 0.6 is 0 Å². The Morgan fingerprint density at radius 1 is 1.07 bits per heavy atom. The molecule has 1 heterocycles. The Morgan fingerprint density at radius 3 is 2.44 bits per heavy atom. The fraction of sp³-hybridized carbons (Fsp3) is 0.696. The Hall–Kier alpha value is -1.39. The molecule has 0 spiro atoms. The summed E-state index contributed by atoms with van der Waals surface area (Å²) in [5, 5.41) is 0. The normalized spacial score (nSPS) is 26.1. The van der Waals surface area contributed by atoms with Gasteiger partial charge < -0.3 is 4.74 Å². The van der Waals surface area contributed by atoms with E-state index in [0.717, 1.165) is 12.8 Å². The summed E-state index contributed by atoms with van der Waals surface area (Å²) in [7, 11) is 1.41. The molecule has 1 saturated heterocycles. The maximum absolute atomic E-state index is 11.6. The lowest BCUT2D eigenvalue weighted by atomic mass is 9.81. The second-order valence-corrected chi connectivity index (χ2v) is 8.74. The zero-order chi connectivity index (χ0) is 19.8. The van der Waals surface area contributed by atoms with Gasteiger partial charge in [-0.2, -0.15) is 0 Å². The molecule has 2 rings (SSSR count). The molecule has 3 atom stereocenters. The largest absolute Gasteiger partial charge is 0.469 e. The molecule has 1 aliphatic heterocycles.